The second kappa shape index (κ2) is 4.83. The van der Waals surface area contributed by atoms with Crippen molar-refractivity contribution in [2.75, 3.05) is 7.11 Å². The molecule has 90 valence electrons. The van der Waals surface area contributed by atoms with Gasteiger partial charge >= 0.3 is 0 Å². The van der Waals surface area contributed by atoms with Gasteiger partial charge in [-0.2, -0.15) is 9.90 Å². The predicted molar refractivity (Wildman–Crippen MR) is 58.0 cm³/mol. The highest BCUT2D eigenvalue weighted by atomic mass is 16.5. The van der Waals surface area contributed by atoms with E-state index in [0.29, 0.717) is 23.8 Å². The van der Waals surface area contributed by atoms with E-state index in [1.54, 1.807) is 19.2 Å². The summed E-state index contributed by atoms with van der Waals surface area (Å²) in [6.45, 7) is 0. The molecule has 2 rings (SSSR count). The summed E-state index contributed by atoms with van der Waals surface area (Å²) in [6.07, 6.45) is 0.467. The van der Waals surface area contributed by atoms with Gasteiger partial charge in [-0.05, 0) is 11.3 Å². The van der Waals surface area contributed by atoms with Crippen LogP contribution in [0.4, 0.5) is 0 Å². The Bertz CT molecular complexity index is 480. The van der Waals surface area contributed by atoms with Crippen LogP contribution >= 0.6 is 0 Å². The Hall–Kier alpha value is -2.09. The molecule has 0 spiro atoms. The molecule has 0 aliphatic heterocycles. The quantitative estimate of drug-likeness (QED) is 0.743. The first-order valence-electron chi connectivity index (χ1n) is 5.05. The Labute approximate surface area is 97.8 Å². The first-order chi connectivity index (χ1) is 8.19. The molecular formula is C9H13N7O. The van der Waals surface area contributed by atoms with Gasteiger partial charge in [-0.1, -0.05) is 0 Å². The van der Waals surface area contributed by atoms with Crippen LogP contribution in [0.1, 0.15) is 17.6 Å². The molecule has 0 saturated carbocycles. The van der Waals surface area contributed by atoms with Gasteiger partial charge in [-0.3, -0.25) is 0 Å². The van der Waals surface area contributed by atoms with E-state index in [1.807, 2.05) is 0 Å². The number of aryl methyl sites for hydroxylation is 1. The number of tetrazole rings is 1. The van der Waals surface area contributed by atoms with E-state index in [2.05, 4.69) is 25.6 Å². The van der Waals surface area contributed by atoms with Crippen LogP contribution in [0.5, 0.6) is 5.88 Å². The van der Waals surface area contributed by atoms with Crippen LogP contribution in [0.3, 0.4) is 0 Å². The summed E-state index contributed by atoms with van der Waals surface area (Å²) in [6, 6.07) is 3.18. The van der Waals surface area contributed by atoms with Crippen LogP contribution in [0.25, 0.3) is 0 Å². The van der Waals surface area contributed by atoms with Crippen molar-refractivity contribution in [1.29, 1.82) is 0 Å². The zero-order valence-corrected chi connectivity index (χ0v) is 9.61. The number of hydrogen-bond acceptors (Lipinski definition) is 7. The van der Waals surface area contributed by atoms with Gasteiger partial charge in [0.2, 0.25) is 5.88 Å². The minimum Gasteiger partial charge on any atom is -0.480 e. The van der Waals surface area contributed by atoms with Gasteiger partial charge in [-0.15, -0.1) is 15.3 Å². The molecule has 0 radical (unpaired) electrons. The third kappa shape index (κ3) is 2.72. The number of ether oxygens (including phenoxy) is 1. The molecule has 0 aliphatic rings. The molecule has 0 aliphatic carbocycles. The predicted octanol–water partition coefficient (Wildman–Crippen LogP) is -0.749. The van der Waals surface area contributed by atoms with E-state index < -0.39 is 0 Å². The lowest BCUT2D eigenvalue weighted by atomic mass is 10.1. The van der Waals surface area contributed by atoms with Gasteiger partial charge in [-0.25, -0.2) is 0 Å². The molecule has 0 amide bonds. The molecule has 0 saturated heterocycles. The van der Waals surface area contributed by atoms with E-state index in [4.69, 9.17) is 10.5 Å². The molecule has 0 aromatic carbocycles. The van der Waals surface area contributed by atoms with Crippen LogP contribution in [0, 0.1) is 0 Å². The summed E-state index contributed by atoms with van der Waals surface area (Å²) in [4.78, 5) is 1.39. The van der Waals surface area contributed by atoms with Crippen molar-refractivity contribution >= 4 is 0 Å². The standard InChI is InChI=1S/C9H13N7O/c1-16-14-8(12-15-16)5-6(10)7-3-4-9(17-2)13-11-7/h3-4,6H,5,10H2,1-2H3. The zero-order valence-electron chi connectivity index (χ0n) is 9.61. The number of aromatic nitrogens is 6. The molecule has 1 atom stereocenters. The van der Waals surface area contributed by atoms with Gasteiger partial charge in [0.15, 0.2) is 5.82 Å². The fourth-order valence-corrected chi connectivity index (χ4v) is 1.34. The van der Waals surface area contributed by atoms with Crippen molar-refractivity contribution < 1.29 is 4.74 Å². The molecule has 17 heavy (non-hydrogen) atoms. The van der Waals surface area contributed by atoms with Crippen LogP contribution in [0.2, 0.25) is 0 Å². The smallest absolute Gasteiger partial charge is 0.233 e. The maximum atomic E-state index is 5.97. The summed E-state index contributed by atoms with van der Waals surface area (Å²) < 4.78 is 4.92. The highest BCUT2D eigenvalue weighted by molar-refractivity contribution is 5.14. The molecule has 2 aromatic rings. The topological polar surface area (TPSA) is 105 Å². The lowest BCUT2D eigenvalue weighted by molar-refractivity contribution is 0.390. The second-order valence-corrected chi connectivity index (χ2v) is 3.51. The Morgan fingerprint density at radius 2 is 2.18 bits per heavy atom. The van der Waals surface area contributed by atoms with E-state index in [0.717, 1.165) is 0 Å². The van der Waals surface area contributed by atoms with Crippen LogP contribution < -0.4 is 10.5 Å². The van der Waals surface area contributed by atoms with Crippen molar-refractivity contribution in [1.82, 2.24) is 30.4 Å². The lowest BCUT2D eigenvalue weighted by Gasteiger charge is -2.07. The third-order valence-corrected chi connectivity index (χ3v) is 2.20. The lowest BCUT2D eigenvalue weighted by Crippen LogP contribution is -2.16. The van der Waals surface area contributed by atoms with Crippen molar-refractivity contribution in [2.24, 2.45) is 12.8 Å². The molecule has 2 heterocycles. The molecule has 2 N–H and O–H groups in total. The van der Waals surface area contributed by atoms with Gasteiger partial charge < -0.3 is 10.5 Å². The molecule has 0 bridgehead atoms. The summed E-state index contributed by atoms with van der Waals surface area (Å²) in [5, 5.41) is 19.5. The highest BCUT2D eigenvalue weighted by Crippen LogP contribution is 2.12. The largest absolute Gasteiger partial charge is 0.480 e. The van der Waals surface area contributed by atoms with Crippen LogP contribution in [-0.4, -0.2) is 37.5 Å². The first-order valence-corrected chi connectivity index (χ1v) is 5.05. The first kappa shape index (κ1) is 11.4. The van der Waals surface area contributed by atoms with Crippen LogP contribution in [0.15, 0.2) is 12.1 Å². The Morgan fingerprint density at radius 3 is 2.71 bits per heavy atom. The molecule has 8 nitrogen and oxygen atoms in total. The molecular weight excluding hydrogens is 222 g/mol. The van der Waals surface area contributed by atoms with E-state index in [1.165, 1.54) is 11.9 Å². The SMILES string of the molecule is COc1ccc(C(N)Cc2nnn(C)n2)nn1. The van der Waals surface area contributed by atoms with E-state index in [-0.39, 0.29) is 6.04 Å². The molecule has 0 fully saturated rings. The number of methoxy groups -OCH3 is 1. The third-order valence-electron chi connectivity index (χ3n) is 2.20. The number of hydrogen-bond donors (Lipinski definition) is 1. The minimum absolute atomic E-state index is 0.308. The monoisotopic (exact) mass is 235 g/mol. The summed E-state index contributed by atoms with van der Waals surface area (Å²) >= 11 is 0. The molecule has 1 unspecified atom stereocenters. The summed E-state index contributed by atoms with van der Waals surface area (Å²) in [5.74, 6) is 1.04. The zero-order chi connectivity index (χ0) is 12.3. The fraction of sp³-hybridized carbons (Fsp3) is 0.444. The number of nitrogens with two attached hydrogens (primary N) is 1. The molecule has 2 aromatic heterocycles. The average molecular weight is 235 g/mol. The normalized spacial score (nSPS) is 12.4. The second-order valence-electron chi connectivity index (χ2n) is 3.51. The van der Waals surface area contributed by atoms with Gasteiger partial charge in [0.25, 0.3) is 0 Å². The minimum atomic E-state index is -0.308. The van der Waals surface area contributed by atoms with Crippen molar-refractivity contribution in [2.45, 2.75) is 12.5 Å². The van der Waals surface area contributed by atoms with E-state index in [9.17, 15) is 0 Å². The molecule has 8 heteroatoms. The Kier molecular flexibility index (Phi) is 3.24. The summed E-state index contributed by atoms with van der Waals surface area (Å²) in [7, 11) is 3.24. The highest BCUT2D eigenvalue weighted by Gasteiger charge is 2.12. The average Bonchev–Trinajstić information content (AvgIpc) is 2.75. The number of rotatable bonds is 4. The van der Waals surface area contributed by atoms with Crippen molar-refractivity contribution in [3.63, 3.8) is 0 Å². The number of nitrogens with zero attached hydrogens (tertiary/aromatic N) is 6. The van der Waals surface area contributed by atoms with Crippen molar-refractivity contribution in [3.05, 3.63) is 23.7 Å². The van der Waals surface area contributed by atoms with E-state index >= 15 is 0 Å². The fourth-order valence-electron chi connectivity index (χ4n) is 1.34. The van der Waals surface area contributed by atoms with Crippen LogP contribution in [-0.2, 0) is 13.5 Å². The van der Waals surface area contributed by atoms with Crippen molar-refractivity contribution in [3.8, 4) is 5.88 Å². The van der Waals surface area contributed by atoms with Gasteiger partial charge in [0, 0.05) is 12.5 Å². The Morgan fingerprint density at radius 1 is 1.35 bits per heavy atom. The summed E-state index contributed by atoms with van der Waals surface area (Å²) in [5.41, 5.74) is 6.63. The Balaban J connectivity index is 2.06. The van der Waals surface area contributed by atoms with Gasteiger partial charge in [0.1, 0.15) is 0 Å². The van der Waals surface area contributed by atoms with Gasteiger partial charge in [0.05, 0.1) is 25.9 Å². The maximum Gasteiger partial charge on any atom is 0.233 e. The maximum absolute atomic E-state index is 5.97.